The van der Waals surface area contributed by atoms with Gasteiger partial charge in [0.25, 0.3) is 0 Å². The van der Waals surface area contributed by atoms with E-state index in [9.17, 15) is 4.79 Å². The number of hydrogen-bond donors (Lipinski definition) is 1. The molecule has 0 aliphatic rings. The van der Waals surface area contributed by atoms with Gasteiger partial charge < -0.3 is 9.73 Å². The molecule has 3 nitrogen and oxygen atoms in total. The van der Waals surface area contributed by atoms with Crippen LogP contribution in [0.4, 0.5) is 0 Å². The van der Waals surface area contributed by atoms with E-state index in [-0.39, 0.29) is 22.7 Å². The fourth-order valence-electron chi connectivity index (χ4n) is 1.35. The van der Waals surface area contributed by atoms with Crippen molar-refractivity contribution in [3.63, 3.8) is 0 Å². The number of aryl methyl sites for hydroxylation is 1. The Balaban J connectivity index is 2.58. The van der Waals surface area contributed by atoms with Gasteiger partial charge in [-0.2, -0.15) is 0 Å². The van der Waals surface area contributed by atoms with Crippen LogP contribution in [0.5, 0.6) is 0 Å². The molecule has 1 aromatic heterocycles. The zero-order valence-electron chi connectivity index (χ0n) is 10.1. The van der Waals surface area contributed by atoms with E-state index in [1.165, 1.54) is 0 Å². The maximum atomic E-state index is 11.8. The van der Waals surface area contributed by atoms with Gasteiger partial charge in [0.15, 0.2) is 0 Å². The molecule has 1 rings (SSSR count). The molecule has 0 bridgehead atoms. The molecule has 0 aliphatic carbocycles. The molecule has 1 heterocycles. The van der Waals surface area contributed by atoms with Crippen LogP contribution in [-0.2, 0) is 4.79 Å². The quantitative estimate of drug-likeness (QED) is 0.865. The van der Waals surface area contributed by atoms with Crippen molar-refractivity contribution >= 4 is 21.8 Å². The molecule has 0 spiro atoms. The maximum absolute atomic E-state index is 11.8. The zero-order chi connectivity index (χ0) is 12.3. The van der Waals surface area contributed by atoms with E-state index >= 15 is 0 Å². The molecule has 0 radical (unpaired) electrons. The first kappa shape index (κ1) is 13.3. The van der Waals surface area contributed by atoms with E-state index in [0.29, 0.717) is 0 Å². The predicted molar refractivity (Wildman–Crippen MR) is 67.6 cm³/mol. The molecular formula is C12H18BrNO2. The summed E-state index contributed by atoms with van der Waals surface area (Å²) in [5.74, 6) is 1.91. The van der Waals surface area contributed by atoms with Crippen LogP contribution >= 0.6 is 15.9 Å². The van der Waals surface area contributed by atoms with Crippen LogP contribution in [-0.4, -0.2) is 10.7 Å². The van der Waals surface area contributed by atoms with Gasteiger partial charge in [0, 0.05) is 0 Å². The third-order valence-electron chi connectivity index (χ3n) is 2.38. The SMILES string of the molecule is Cc1ccc(C(C)NC(=O)C(Br)C(C)C)o1. The standard InChI is InChI=1S/C12H18BrNO2/c1-7(2)11(13)12(15)14-9(4)10-6-5-8(3)16-10/h5-7,9,11H,1-4H3,(H,14,15). The Labute approximate surface area is 105 Å². The van der Waals surface area contributed by atoms with Crippen molar-refractivity contribution in [3.8, 4) is 0 Å². The van der Waals surface area contributed by atoms with Gasteiger partial charge in [0.2, 0.25) is 5.91 Å². The Morgan fingerprint density at radius 3 is 2.44 bits per heavy atom. The van der Waals surface area contributed by atoms with Crippen molar-refractivity contribution in [2.45, 2.75) is 38.6 Å². The number of nitrogens with one attached hydrogen (secondary N) is 1. The Kier molecular flexibility index (Phi) is 4.59. The molecule has 1 amide bonds. The highest BCUT2D eigenvalue weighted by Crippen LogP contribution is 2.18. The first-order valence-corrected chi connectivity index (χ1v) is 6.34. The zero-order valence-corrected chi connectivity index (χ0v) is 11.7. The van der Waals surface area contributed by atoms with E-state index in [0.717, 1.165) is 11.5 Å². The van der Waals surface area contributed by atoms with E-state index < -0.39 is 0 Å². The number of halogens is 1. The van der Waals surface area contributed by atoms with Crippen LogP contribution in [0.3, 0.4) is 0 Å². The number of carbonyl (C=O) groups is 1. The van der Waals surface area contributed by atoms with Crippen LogP contribution in [0.1, 0.15) is 38.3 Å². The second-order valence-electron chi connectivity index (χ2n) is 4.32. The van der Waals surface area contributed by atoms with Gasteiger partial charge in [-0.1, -0.05) is 29.8 Å². The third kappa shape index (κ3) is 3.37. The van der Waals surface area contributed by atoms with Gasteiger partial charge in [0.1, 0.15) is 11.5 Å². The summed E-state index contributed by atoms with van der Waals surface area (Å²) < 4.78 is 5.46. The van der Waals surface area contributed by atoms with Crippen molar-refractivity contribution in [2.24, 2.45) is 5.92 Å². The summed E-state index contributed by atoms with van der Waals surface area (Å²) in [5, 5.41) is 2.91. The molecule has 16 heavy (non-hydrogen) atoms. The van der Waals surface area contributed by atoms with Gasteiger partial charge in [-0.15, -0.1) is 0 Å². The van der Waals surface area contributed by atoms with Crippen molar-refractivity contribution in [3.05, 3.63) is 23.7 Å². The van der Waals surface area contributed by atoms with Crippen LogP contribution in [0.15, 0.2) is 16.5 Å². The number of amides is 1. The molecule has 0 saturated carbocycles. The van der Waals surface area contributed by atoms with Crippen LogP contribution < -0.4 is 5.32 Å². The van der Waals surface area contributed by atoms with Gasteiger partial charge in [-0.3, -0.25) is 4.79 Å². The topological polar surface area (TPSA) is 42.2 Å². The highest BCUT2D eigenvalue weighted by Gasteiger charge is 2.21. The van der Waals surface area contributed by atoms with Crippen molar-refractivity contribution in [1.82, 2.24) is 5.32 Å². The highest BCUT2D eigenvalue weighted by molar-refractivity contribution is 9.10. The van der Waals surface area contributed by atoms with Crippen LogP contribution in [0, 0.1) is 12.8 Å². The summed E-state index contributed by atoms with van der Waals surface area (Å²) in [6.45, 7) is 7.80. The van der Waals surface area contributed by atoms with Crippen LogP contribution in [0.25, 0.3) is 0 Å². The summed E-state index contributed by atoms with van der Waals surface area (Å²) in [6, 6.07) is 3.69. The number of rotatable bonds is 4. The number of furan rings is 1. The lowest BCUT2D eigenvalue weighted by Crippen LogP contribution is -2.35. The smallest absolute Gasteiger partial charge is 0.234 e. The van der Waals surface area contributed by atoms with E-state index in [4.69, 9.17) is 4.42 Å². The Morgan fingerprint density at radius 2 is 2.00 bits per heavy atom. The molecular weight excluding hydrogens is 270 g/mol. The van der Waals surface area contributed by atoms with Crippen molar-refractivity contribution in [1.29, 1.82) is 0 Å². The molecule has 0 aromatic carbocycles. The van der Waals surface area contributed by atoms with Crippen LogP contribution in [0.2, 0.25) is 0 Å². The lowest BCUT2D eigenvalue weighted by molar-refractivity contribution is -0.121. The minimum Gasteiger partial charge on any atom is -0.464 e. The van der Waals surface area contributed by atoms with Gasteiger partial charge in [-0.25, -0.2) is 0 Å². The third-order valence-corrected chi connectivity index (χ3v) is 3.86. The number of carbonyl (C=O) groups excluding carboxylic acids is 1. The monoisotopic (exact) mass is 287 g/mol. The maximum Gasteiger partial charge on any atom is 0.234 e. The largest absolute Gasteiger partial charge is 0.464 e. The first-order valence-electron chi connectivity index (χ1n) is 5.42. The molecule has 4 heteroatoms. The van der Waals surface area contributed by atoms with E-state index in [1.54, 1.807) is 0 Å². The molecule has 1 aromatic rings. The molecule has 90 valence electrons. The Hall–Kier alpha value is -0.770. The second-order valence-corrected chi connectivity index (χ2v) is 5.31. The molecule has 0 aliphatic heterocycles. The summed E-state index contributed by atoms with van der Waals surface area (Å²) in [6.07, 6.45) is 0. The van der Waals surface area contributed by atoms with E-state index in [2.05, 4.69) is 21.2 Å². The summed E-state index contributed by atoms with van der Waals surface area (Å²) in [7, 11) is 0. The average molecular weight is 288 g/mol. The van der Waals surface area contributed by atoms with Gasteiger partial charge in [-0.05, 0) is 31.9 Å². The first-order chi connectivity index (χ1) is 7.41. The number of alkyl halides is 1. The summed E-state index contributed by atoms with van der Waals surface area (Å²) >= 11 is 3.37. The van der Waals surface area contributed by atoms with E-state index in [1.807, 2.05) is 39.8 Å². The molecule has 0 saturated heterocycles. The number of hydrogen-bond acceptors (Lipinski definition) is 2. The Bertz CT molecular complexity index is 360. The second kappa shape index (κ2) is 5.53. The highest BCUT2D eigenvalue weighted by atomic mass is 79.9. The average Bonchev–Trinajstić information content (AvgIpc) is 2.63. The minimum atomic E-state index is -0.161. The lowest BCUT2D eigenvalue weighted by Gasteiger charge is -2.17. The molecule has 2 atom stereocenters. The molecule has 1 N–H and O–H groups in total. The fourth-order valence-corrected chi connectivity index (χ4v) is 1.49. The molecule has 2 unspecified atom stereocenters. The summed E-state index contributed by atoms with van der Waals surface area (Å²) in [5.41, 5.74) is 0. The van der Waals surface area contributed by atoms with Gasteiger partial charge >= 0.3 is 0 Å². The molecule has 0 fully saturated rings. The Morgan fingerprint density at radius 1 is 1.38 bits per heavy atom. The normalized spacial score (nSPS) is 14.9. The minimum absolute atomic E-state index is 0.00319. The summed E-state index contributed by atoms with van der Waals surface area (Å²) in [4.78, 5) is 11.6. The van der Waals surface area contributed by atoms with Crippen molar-refractivity contribution < 1.29 is 9.21 Å². The van der Waals surface area contributed by atoms with Gasteiger partial charge in [0.05, 0.1) is 10.9 Å². The fraction of sp³-hybridized carbons (Fsp3) is 0.583. The lowest BCUT2D eigenvalue weighted by atomic mass is 10.1. The predicted octanol–water partition coefficient (Wildman–Crippen LogP) is 3.18. The van der Waals surface area contributed by atoms with Crippen molar-refractivity contribution in [2.75, 3.05) is 0 Å².